The van der Waals surface area contributed by atoms with E-state index in [-0.39, 0.29) is 0 Å². The lowest BCUT2D eigenvalue weighted by atomic mass is 9.84. The summed E-state index contributed by atoms with van der Waals surface area (Å²) < 4.78 is 0. The zero-order chi connectivity index (χ0) is 15.9. The summed E-state index contributed by atoms with van der Waals surface area (Å²) in [5, 5.41) is 3.55. The molecule has 1 aromatic heterocycles. The van der Waals surface area contributed by atoms with Gasteiger partial charge in [0.05, 0.1) is 11.7 Å². The first-order chi connectivity index (χ1) is 10.5. The lowest BCUT2D eigenvalue weighted by Crippen LogP contribution is -2.65. The summed E-state index contributed by atoms with van der Waals surface area (Å²) in [6.45, 7) is 1.91. The molecule has 0 bridgehead atoms. The van der Waals surface area contributed by atoms with Crippen molar-refractivity contribution in [3.8, 4) is 11.3 Å². The van der Waals surface area contributed by atoms with E-state index >= 15 is 0 Å². The number of benzene rings is 1. The summed E-state index contributed by atoms with van der Waals surface area (Å²) in [4.78, 5) is 30.9. The number of ketones is 2. The Balaban J connectivity index is 1.85. The number of hydrogen-bond donors (Lipinski definition) is 2. The number of nitrogens with zero attached hydrogens (tertiary/aromatic N) is 2. The molecule has 0 amide bonds. The number of Topliss-reactive ketones (excluding diaryl/α,β-unsaturated/α-hetero) is 2. The largest absolute Gasteiger partial charge is 0.358 e. The average Bonchev–Trinajstić information content (AvgIpc) is 2.54. The van der Waals surface area contributed by atoms with E-state index in [1.807, 2.05) is 19.1 Å². The van der Waals surface area contributed by atoms with Gasteiger partial charge in [-0.3, -0.25) is 9.59 Å². The minimum absolute atomic E-state index is 0.443. The average molecular weight is 317 g/mol. The van der Waals surface area contributed by atoms with Crippen LogP contribution in [-0.2, 0) is 9.59 Å². The van der Waals surface area contributed by atoms with E-state index in [4.69, 9.17) is 17.3 Å². The third-order valence-electron chi connectivity index (χ3n) is 3.61. The minimum atomic E-state index is -0.816. The van der Waals surface area contributed by atoms with Crippen LogP contribution in [0.4, 0.5) is 5.82 Å². The highest BCUT2D eigenvalue weighted by Gasteiger charge is 2.46. The molecule has 1 aliphatic rings. The quantitative estimate of drug-likeness (QED) is 0.830. The van der Waals surface area contributed by atoms with E-state index in [9.17, 15) is 9.59 Å². The predicted octanol–water partition coefficient (Wildman–Crippen LogP) is 1.37. The molecule has 2 unspecified atom stereocenters. The van der Waals surface area contributed by atoms with Gasteiger partial charge >= 0.3 is 0 Å². The zero-order valence-corrected chi connectivity index (χ0v) is 12.5. The van der Waals surface area contributed by atoms with Gasteiger partial charge in [0.15, 0.2) is 0 Å². The van der Waals surface area contributed by atoms with E-state index in [2.05, 4.69) is 15.3 Å². The fourth-order valence-corrected chi connectivity index (χ4v) is 2.37. The Hall–Kier alpha value is -2.31. The Morgan fingerprint density at radius 2 is 1.95 bits per heavy atom. The van der Waals surface area contributed by atoms with Crippen molar-refractivity contribution in [3.63, 3.8) is 0 Å². The molecule has 1 aliphatic carbocycles. The molecule has 3 rings (SSSR count). The number of nitrogens with two attached hydrogens (primary N) is 1. The van der Waals surface area contributed by atoms with Crippen molar-refractivity contribution >= 4 is 29.0 Å². The van der Waals surface area contributed by atoms with E-state index in [1.165, 1.54) is 6.33 Å². The van der Waals surface area contributed by atoms with Crippen molar-refractivity contribution in [2.24, 2.45) is 5.73 Å². The standard InChI is InChI=1S/C15H13ClN4O2/c1-7-4-8(2-3-9(7)16)10-5-11(19-6-18-10)20-13-12(17)14(21)15(13)22/h2-6,12-13H,17H2,1H3,(H,18,19,20). The fraction of sp³-hybridized carbons (Fsp3) is 0.200. The molecule has 1 fully saturated rings. The van der Waals surface area contributed by atoms with Crippen LogP contribution in [0, 0.1) is 6.92 Å². The summed E-state index contributed by atoms with van der Waals surface area (Å²) in [5.41, 5.74) is 8.10. The SMILES string of the molecule is Cc1cc(-c2cc(NC3C(=O)C(=O)C3N)ncn2)ccc1Cl. The van der Waals surface area contributed by atoms with Gasteiger partial charge in [0, 0.05) is 16.7 Å². The van der Waals surface area contributed by atoms with Crippen molar-refractivity contribution in [1.82, 2.24) is 9.97 Å². The molecular weight excluding hydrogens is 304 g/mol. The lowest BCUT2D eigenvalue weighted by molar-refractivity contribution is -0.144. The van der Waals surface area contributed by atoms with Gasteiger partial charge in [0.1, 0.15) is 18.2 Å². The molecule has 6 nitrogen and oxygen atoms in total. The Bertz CT molecular complexity index is 778. The maximum Gasteiger partial charge on any atom is 0.224 e. The molecule has 2 atom stereocenters. The second-order valence-electron chi connectivity index (χ2n) is 5.13. The number of carbonyl (C=O) groups is 2. The van der Waals surface area contributed by atoms with Crippen LogP contribution in [0.5, 0.6) is 0 Å². The minimum Gasteiger partial charge on any atom is -0.358 e. The molecule has 3 N–H and O–H groups in total. The number of aromatic nitrogens is 2. The number of anilines is 1. The predicted molar refractivity (Wildman–Crippen MR) is 82.6 cm³/mol. The normalized spacial score (nSPS) is 20.7. The summed E-state index contributed by atoms with van der Waals surface area (Å²) >= 11 is 6.01. The van der Waals surface area contributed by atoms with Crippen LogP contribution in [0.1, 0.15) is 5.56 Å². The fourth-order valence-electron chi connectivity index (χ4n) is 2.25. The van der Waals surface area contributed by atoms with Crippen molar-refractivity contribution in [2.45, 2.75) is 19.0 Å². The van der Waals surface area contributed by atoms with Gasteiger partial charge in [-0.15, -0.1) is 0 Å². The maximum atomic E-state index is 11.5. The first kappa shape index (κ1) is 14.6. The van der Waals surface area contributed by atoms with Crippen LogP contribution < -0.4 is 11.1 Å². The molecule has 0 radical (unpaired) electrons. The number of rotatable bonds is 3. The Morgan fingerprint density at radius 1 is 1.18 bits per heavy atom. The third kappa shape index (κ3) is 2.47. The molecule has 7 heteroatoms. The number of nitrogens with one attached hydrogen (secondary N) is 1. The van der Waals surface area contributed by atoms with E-state index in [0.717, 1.165) is 11.1 Å². The van der Waals surface area contributed by atoms with Crippen molar-refractivity contribution in [1.29, 1.82) is 0 Å². The van der Waals surface area contributed by atoms with Crippen LogP contribution >= 0.6 is 11.6 Å². The van der Waals surface area contributed by atoms with Crippen LogP contribution in [0.3, 0.4) is 0 Å². The Kier molecular flexibility index (Phi) is 3.64. The van der Waals surface area contributed by atoms with E-state index < -0.39 is 23.7 Å². The van der Waals surface area contributed by atoms with Crippen LogP contribution in [-0.4, -0.2) is 33.6 Å². The van der Waals surface area contributed by atoms with Gasteiger partial charge in [0.25, 0.3) is 0 Å². The monoisotopic (exact) mass is 316 g/mol. The molecule has 0 aliphatic heterocycles. The second-order valence-corrected chi connectivity index (χ2v) is 5.54. The molecular formula is C15H13ClN4O2. The summed E-state index contributed by atoms with van der Waals surface area (Å²) in [7, 11) is 0. The van der Waals surface area contributed by atoms with E-state index in [1.54, 1.807) is 12.1 Å². The molecule has 0 spiro atoms. The third-order valence-corrected chi connectivity index (χ3v) is 4.04. The smallest absolute Gasteiger partial charge is 0.224 e. The molecule has 2 aromatic rings. The van der Waals surface area contributed by atoms with Gasteiger partial charge in [0.2, 0.25) is 11.6 Å². The van der Waals surface area contributed by atoms with Gasteiger partial charge in [-0.1, -0.05) is 17.7 Å². The van der Waals surface area contributed by atoms with E-state index in [0.29, 0.717) is 16.5 Å². The van der Waals surface area contributed by atoms with Crippen molar-refractivity contribution in [3.05, 3.63) is 41.2 Å². The zero-order valence-electron chi connectivity index (χ0n) is 11.7. The Labute approximate surface area is 131 Å². The van der Waals surface area contributed by atoms with Crippen LogP contribution in [0.25, 0.3) is 11.3 Å². The first-order valence-electron chi connectivity index (χ1n) is 6.66. The highest BCUT2D eigenvalue weighted by molar-refractivity contribution is 6.49. The lowest BCUT2D eigenvalue weighted by Gasteiger charge is -2.30. The summed E-state index contributed by atoms with van der Waals surface area (Å²) in [6.07, 6.45) is 1.39. The number of halogens is 1. The highest BCUT2D eigenvalue weighted by Crippen LogP contribution is 2.25. The number of carbonyl (C=O) groups excluding carboxylic acids is 2. The summed E-state index contributed by atoms with van der Waals surface area (Å²) in [5.74, 6) is -0.631. The van der Waals surface area contributed by atoms with Crippen molar-refractivity contribution < 1.29 is 9.59 Å². The molecule has 1 aromatic carbocycles. The van der Waals surface area contributed by atoms with Crippen LogP contribution in [0.15, 0.2) is 30.6 Å². The highest BCUT2D eigenvalue weighted by atomic mass is 35.5. The first-order valence-corrected chi connectivity index (χ1v) is 7.04. The van der Waals surface area contributed by atoms with Crippen molar-refractivity contribution in [2.75, 3.05) is 5.32 Å². The number of hydrogen-bond acceptors (Lipinski definition) is 6. The van der Waals surface area contributed by atoms with Gasteiger partial charge in [-0.25, -0.2) is 9.97 Å². The molecule has 1 saturated carbocycles. The molecule has 22 heavy (non-hydrogen) atoms. The van der Waals surface area contributed by atoms with Gasteiger partial charge < -0.3 is 11.1 Å². The second kappa shape index (κ2) is 5.47. The molecule has 0 saturated heterocycles. The topological polar surface area (TPSA) is 98.0 Å². The van der Waals surface area contributed by atoms with Gasteiger partial charge in [-0.2, -0.15) is 0 Å². The summed E-state index contributed by atoms with van der Waals surface area (Å²) in [6, 6.07) is 5.73. The maximum absolute atomic E-state index is 11.5. The number of aryl methyl sites for hydroxylation is 1. The van der Waals surface area contributed by atoms with Gasteiger partial charge in [-0.05, 0) is 24.6 Å². The molecule has 112 valence electrons. The van der Waals surface area contributed by atoms with Crippen LogP contribution in [0.2, 0.25) is 5.02 Å². The molecule has 1 heterocycles. The Morgan fingerprint density at radius 3 is 2.64 bits per heavy atom.